The normalized spacial score (nSPS) is 12.3. The molecule has 0 saturated heterocycles. The van der Waals surface area contributed by atoms with E-state index in [0.29, 0.717) is 42.5 Å². The van der Waals surface area contributed by atoms with Crippen molar-refractivity contribution in [3.8, 4) is 11.5 Å². The monoisotopic (exact) mass is 375 g/mol. The maximum atomic E-state index is 12.5. The number of anilines is 2. The molecular formula is C22H21N3O3. The van der Waals surface area contributed by atoms with E-state index in [0.717, 1.165) is 5.82 Å². The number of rotatable bonds is 5. The van der Waals surface area contributed by atoms with Gasteiger partial charge in [0, 0.05) is 24.5 Å². The zero-order chi connectivity index (χ0) is 19.3. The predicted molar refractivity (Wildman–Crippen MR) is 108 cm³/mol. The molecule has 4 rings (SSSR count). The van der Waals surface area contributed by atoms with Gasteiger partial charge in [-0.3, -0.25) is 4.79 Å². The highest BCUT2D eigenvalue weighted by atomic mass is 16.6. The molecule has 28 heavy (non-hydrogen) atoms. The Labute approximate surface area is 163 Å². The van der Waals surface area contributed by atoms with Crippen molar-refractivity contribution in [3.05, 3.63) is 77.5 Å². The molecule has 0 aliphatic carbocycles. The summed E-state index contributed by atoms with van der Waals surface area (Å²) >= 11 is 0. The van der Waals surface area contributed by atoms with E-state index in [1.165, 1.54) is 11.1 Å². The average molecular weight is 375 g/mol. The molecule has 6 heteroatoms. The van der Waals surface area contributed by atoms with E-state index >= 15 is 0 Å². The van der Waals surface area contributed by atoms with Crippen molar-refractivity contribution in [2.45, 2.75) is 13.5 Å². The molecule has 0 saturated carbocycles. The average Bonchev–Trinajstić information content (AvgIpc) is 2.73. The summed E-state index contributed by atoms with van der Waals surface area (Å²) in [4.78, 5) is 16.8. The van der Waals surface area contributed by atoms with Crippen molar-refractivity contribution >= 4 is 17.4 Å². The van der Waals surface area contributed by atoms with E-state index in [1.807, 2.05) is 12.1 Å². The quantitative estimate of drug-likeness (QED) is 0.705. The van der Waals surface area contributed by atoms with Crippen LogP contribution in [-0.2, 0) is 6.54 Å². The van der Waals surface area contributed by atoms with Gasteiger partial charge in [0.2, 0.25) is 0 Å². The predicted octanol–water partition coefficient (Wildman–Crippen LogP) is 4.03. The van der Waals surface area contributed by atoms with Crippen LogP contribution in [0.2, 0.25) is 0 Å². The van der Waals surface area contributed by atoms with Gasteiger partial charge in [0.05, 0.1) is 5.56 Å². The molecule has 1 aliphatic heterocycles. The first-order valence-electron chi connectivity index (χ1n) is 9.14. The number of hydrogen-bond donors (Lipinski definition) is 2. The number of carbonyl (C=O) groups excluding carboxylic acids is 1. The van der Waals surface area contributed by atoms with Crippen LogP contribution in [0, 0.1) is 6.92 Å². The maximum Gasteiger partial charge on any atom is 0.257 e. The lowest BCUT2D eigenvalue weighted by Gasteiger charge is -2.19. The lowest BCUT2D eigenvalue weighted by Crippen LogP contribution is -2.16. The van der Waals surface area contributed by atoms with E-state index in [-0.39, 0.29) is 5.91 Å². The molecule has 0 unspecified atom stereocenters. The van der Waals surface area contributed by atoms with Crippen LogP contribution in [-0.4, -0.2) is 24.1 Å². The number of nitrogens with one attached hydrogen (secondary N) is 2. The summed E-state index contributed by atoms with van der Waals surface area (Å²) in [6, 6.07) is 17.1. The van der Waals surface area contributed by atoms with Crippen molar-refractivity contribution in [1.29, 1.82) is 0 Å². The molecule has 2 aromatic carbocycles. The molecular weight excluding hydrogens is 354 g/mol. The molecule has 0 fully saturated rings. The van der Waals surface area contributed by atoms with E-state index in [2.05, 4.69) is 34.7 Å². The molecule has 0 radical (unpaired) electrons. The lowest BCUT2D eigenvalue weighted by atomic mass is 10.1. The minimum atomic E-state index is -0.227. The van der Waals surface area contributed by atoms with Gasteiger partial charge in [-0.1, -0.05) is 24.3 Å². The Morgan fingerprint density at radius 3 is 2.64 bits per heavy atom. The molecule has 1 amide bonds. The molecule has 3 aromatic rings. The fourth-order valence-electron chi connectivity index (χ4n) is 2.95. The van der Waals surface area contributed by atoms with Gasteiger partial charge in [-0.05, 0) is 42.3 Å². The van der Waals surface area contributed by atoms with Crippen molar-refractivity contribution in [2.75, 3.05) is 23.8 Å². The smallest absolute Gasteiger partial charge is 0.257 e. The summed E-state index contributed by atoms with van der Waals surface area (Å²) in [6.45, 7) is 3.80. The van der Waals surface area contributed by atoms with Crippen LogP contribution in [0.3, 0.4) is 0 Å². The summed E-state index contributed by atoms with van der Waals surface area (Å²) in [5.41, 5.74) is 3.57. The number of carbonyl (C=O) groups is 1. The molecule has 1 aromatic heterocycles. The highest BCUT2D eigenvalue weighted by Gasteiger charge is 2.13. The van der Waals surface area contributed by atoms with E-state index in [1.54, 1.807) is 36.5 Å². The third kappa shape index (κ3) is 4.06. The minimum absolute atomic E-state index is 0.227. The van der Waals surface area contributed by atoms with E-state index in [9.17, 15) is 4.79 Å². The molecule has 2 heterocycles. The fourth-order valence-corrected chi connectivity index (χ4v) is 2.95. The molecule has 6 nitrogen and oxygen atoms in total. The highest BCUT2D eigenvalue weighted by molar-refractivity contribution is 6.04. The third-order valence-electron chi connectivity index (χ3n) is 4.55. The number of ether oxygens (including phenoxy) is 2. The van der Waals surface area contributed by atoms with Gasteiger partial charge < -0.3 is 20.1 Å². The van der Waals surface area contributed by atoms with Crippen LogP contribution >= 0.6 is 0 Å². The Hall–Kier alpha value is -3.54. The molecule has 2 N–H and O–H groups in total. The van der Waals surface area contributed by atoms with Crippen molar-refractivity contribution in [1.82, 2.24) is 4.98 Å². The minimum Gasteiger partial charge on any atom is -0.486 e. The van der Waals surface area contributed by atoms with Crippen LogP contribution in [0.4, 0.5) is 11.5 Å². The topological polar surface area (TPSA) is 72.5 Å². The van der Waals surface area contributed by atoms with Crippen LogP contribution < -0.4 is 20.1 Å². The summed E-state index contributed by atoms with van der Waals surface area (Å²) < 4.78 is 11.0. The Morgan fingerprint density at radius 2 is 1.86 bits per heavy atom. The molecule has 1 aliphatic rings. The third-order valence-corrected chi connectivity index (χ3v) is 4.55. The van der Waals surface area contributed by atoms with Crippen molar-refractivity contribution < 1.29 is 14.3 Å². The first-order valence-corrected chi connectivity index (χ1v) is 9.14. The number of fused-ring (bicyclic) bond motifs is 1. The Balaban J connectivity index is 1.38. The Bertz CT molecular complexity index is 987. The van der Waals surface area contributed by atoms with Crippen LogP contribution in [0.15, 0.2) is 60.8 Å². The standard InChI is InChI=1S/C22H21N3O3/c1-15-4-2-3-5-16(15)13-23-21-9-6-17(14-24-21)22(26)25-18-7-8-19-20(12-18)28-11-10-27-19/h2-9,12,14H,10-11,13H2,1H3,(H,23,24)(H,25,26). The van der Waals surface area contributed by atoms with Crippen LogP contribution in [0.25, 0.3) is 0 Å². The van der Waals surface area contributed by atoms with E-state index < -0.39 is 0 Å². The zero-order valence-electron chi connectivity index (χ0n) is 15.6. The second-order valence-electron chi connectivity index (χ2n) is 6.52. The summed E-state index contributed by atoms with van der Waals surface area (Å²) in [6.07, 6.45) is 1.56. The van der Waals surface area contributed by atoms with Crippen molar-refractivity contribution in [3.63, 3.8) is 0 Å². The summed E-state index contributed by atoms with van der Waals surface area (Å²) in [5.74, 6) is 1.82. The molecule has 0 spiro atoms. The summed E-state index contributed by atoms with van der Waals surface area (Å²) in [5, 5.41) is 6.14. The fraction of sp³-hybridized carbons (Fsp3) is 0.182. The van der Waals surface area contributed by atoms with Gasteiger partial charge in [-0.15, -0.1) is 0 Å². The number of hydrogen-bond acceptors (Lipinski definition) is 5. The first-order chi connectivity index (χ1) is 13.7. The molecule has 0 bridgehead atoms. The lowest BCUT2D eigenvalue weighted by molar-refractivity contribution is 0.102. The number of aryl methyl sites for hydroxylation is 1. The van der Waals surface area contributed by atoms with Gasteiger partial charge in [0.15, 0.2) is 11.5 Å². The van der Waals surface area contributed by atoms with Gasteiger partial charge in [0.1, 0.15) is 19.0 Å². The van der Waals surface area contributed by atoms with Gasteiger partial charge >= 0.3 is 0 Å². The number of amides is 1. The number of benzene rings is 2. The van der Waals surface area contributed by atoms with Crippen LogP contribution in [0.5, 0.6) is 11.5 Å². The second kappa shape index (κ2) is 8.00. The van der Waals surface area contributed by atoms with Crippen molar-refractivity contribution in [2.24, 2.45) is 0 Å². The second-order valence-corrected chi connectivity index (χ2v) is 6.52. The number of pyridine rings is 1. The van der Waals surface area contributed by atoms with Crippen LogP contribution in [0.1, 0.15) is 21.5 Å². The van der Waals surface area contributed by atoms with Gasteiger partial charge in [-0.2, -0.15) is 0 Å². The number of aromatic nitrogens is 1. The Morgan fingerprint density at radius 1 is 1.04 bits per heavy atom. The largest absolute Gasteiger partial charge is 0.486 e. The number of nitrogens with zero attached hydrogens (tertiary/aromatic N) is 1. The summed E-state index contributed by atoms with van der Waals surface area (Å²) in [7, 11) is 0. The van der Waals surface area contributed by atoms with Gasteiger partial charge in [0.25, 0.3) is 5.91 Å². The Kier molecular flexibility index (Phi) is 5.10. The highest BCUT2D eigenvalue weighted by Crippen LogP contribution is 2.32. The first kappa shape index (κ1) is 17.9. The SMILES string of the molecule is Cc1ccccc1CNc1ccc(C(=O)Nc2ccc3c(c2)OCCO3)cn1. The zero-order valence-corrected chi connectivity index (χ0v) is 15.6. The molecule has 142 valence electrons. The molecule has 0 atom stereocenters. The maximum absolute atomic E-state index is 12.5. The van der Waals surface area contributed by atoms with E-state index in [4.69, 9.17) is 9.47 Å². The van der Waals surface area contributed by atoms with Gasteiger partial charge in [-0.25, -0.2) is 4.98 Å².